The van der Waals surface area contributed by atoms with Gasteiger partial charge in [0.05, 0.1) is 0 Å². The van der Waals surface area contributed by atoms with Gasteiger partial charge in [-0.15, -0.1) is 0 Å². The van der Waals surface area contributed by atoms with E-state index in [1.165, 1.54) is 0 Å². The Balaban J connectivity index is 2.03. The van der Waals surface area contributed by atoms with Crippen molar-refractivity contribution in [3.8, 4) is 0 Å². The van der Waals surface area contributed by atoms with Crippen LogP contribution in [0.1, 0.15) is 37.7 Å². The maximum absolute atomic E-state index is 13.2. The molecule has 0 bridgehead atoms. The molecule has 1 N–H and O–H groups in total. The average Bonchev–Trinajstić information content (AvgIpc) is 3.02. The lowest BCUT2D eigenvalue weighted by atomic mass is 10.0. The summed E-state index contributed by atoms with van der Waals surface area (Å²) in [6.45, 7) is 6.39. The zero-order valence-electron chi connectivity index (χ0n) is 14.7. The summed E-state index contributed by atoms with van der Waals surface area (Å²) in [5.41, 5.74) is 2.28. The van der Waals surface area contributed by atoms with Gasteiger partial charge in [-0.05, 0) is 55.7 Å². The maximum atomic E-state index is 13.2. The molecule has 1 aromatic carbocycles. The normalized spacial score (nSPS) is 12.5. The molecule has 2 aromatic heterocycles. The topological polar surface area (TPSA) is 49.0 Å². The molecule has 0 aliphatic heterocycles. The Morgan fingerprint density at radius 1 is 1.20 bits per heavy atom. The molecule has 130 valence electrons. The minimum Gasteiger partial charge on any atom is -0.361 e. The van der Waals surface area contributed by atoms with E-state index in [2.05, 4.69) is 30.7 Å². The first-order valence-corrected chi connectivity index (χ1v) is 8.85. The number of aromatic amines is 1. The maximum Gasteiger partial charge on any atom is 0.277 e. The third kappa shape index (κ3) is 3.85. The second-order valence-electron chi connectivity index (χ2n) is 6.76. The van der Waals surface area contributed by atoms with E-state index in [9.17, 15) is 4.79 Å². The Bertz CT molecular complexity index is 887. The van der Waals surface area contributed by atoms with E-state index in [0.29, 0.717) is 16.6 Å². The quantitative estimate of drug-likeness (QED) is 0.675. The molecule has 1 atom stereocenters. The molecule has 0 saturated carbocycles. The van der Waals surface area contributed by atoms with Gasteiger partial charge in [0.25, 0.3) is 5.91 Å². The molecule has 1 amide bonds. The monoisotopic (exact) mass is 355 g/mol. The summed E-state index contributed by atoms with van der Waals surface area (Å²) in [5, 5.41) is 1.59. The highest BCUT2D eigenvalue weighted by atomic mass is 35.5. The zero-order chi connectivity index (χ0) is 18.0. The first-order valence-electron chi connectivity index (χ1n) is 8.48. The van der Waals surface area contributed by atoms with Crippen LogP contribution >= 0.6 is 11.6 Å². The van der Waals surface area contributed by atoms with Gasteiger partial charge in [0.15, 0.2) is 0 Å². The summed E-state index contributed by atoms with van der Waals surface area (Å²) in [6, 6.07) is 11.3. The molecule has 0 radical (unpaired) electrons. The van der Waals surface area contributed by atoms with Gasteiger partial charge in [0.1, 0.15) is 5.69 Å². The number of H-pyrrole nitrogens is 1. The van der Waals surface area contributed by atoms with Crippen LogP contribution in [-0.2, 0) is 0 Å². The predicted molar refractivity (Wildman–Crippen MR) is 103 cm³/mol. The third-order valence-corrected chi connectivity index (χ3v) is 4.46. The molecule has 4 nitrogen and oxygen atoms in total. The smallest absolute Gasteiger partial charge is 0.277 e. The Kier molecular flexibility index (Phi) is 5.09. The van der Waals surface area contributed by atoms with Crippen molar-refractivity contribution < 1.29 is 4.79 Å². The highest BCUT2D eigenvalue weighted by Gasteiger charge is 2.25. The largest absolute Gasteiger partial charge is 0.361 e. The molecule has 0 aliphatic rings. The molecule has 25 heavy (non-hydrogen) atoms. The van der Waals surface area contributed by atoms with Crippen molar-refractivity contribution in [1.82, 2.24) is 9.97 Å². The molecule has 0 fully saturated rings. The van der Waals surface area contributed by atoms with Gasteiger partial charge in [0.2, 0.25) is 0 Å². The average molecular weight is 356 g/mol. The fraction of sp³-hybridized carbons (Fsp3) is 0.300. The lowest BCUT2D eigenvalue weighted by Crippen LogP contribution is -2.40. The Labute approximate surface area is 152 Å². The van der Waals surface area contributed by atoms with Crippen LogP contribution in [0.3, 0.4) is 0 Å². The molecule has 2 heterocycles. The molecule has 0 saturated heterocycles. The van der Waals surface area contributed by atoms with Crippen LogP contribution in [0.4, 0.5) is 5.69 Å². The minimum atomic E-state index is -0.134. The number of hydrogen-bond acceptors (Lipinski definition) is 2. The van der Waals surface area contributed by atoms with E-state index in [1.807, 2.05) is 35.4 Å². The van der Waals surface area contributed by atoms with E-state index >= 15 is 0 Å². The molecule has 0 aliphatic carbocycles. The third-order valence-electron chi connectivity index (χ3n) is 4.23. The molecular weight excluding hydrogens is 334 g/mol. The predicted octanol–water partition coefficient (Wildman–Crippen LogP) is 5.30. The SMILES string of the molecule is CC(C)CC(C)N(C(=O)c1cc(Cl)ccn1)c1ccc2[nH]ccc2c1. The van der Waals surface area contributed by atoms with Crippen molar-refractivity contribution in [2.24, 2.45) is 5.92 Å². The first kappa shape index (κ1) is 17.5. The molecule has 1 unspecified atom stereocenters. The van der Waals surface area contributed by atoms with Gasteiger partial charge in [0, 0.05) is 40.0 Å². The van der Waals surface area contributed by atoms with Gasteiger partial charge in [-0.3, -0.25) is 9.78 Å². The van der Waals surface area contributed by atoms with Crippen LogP contribution in [0.5, 0.6) is 0 Å². The van der Waals surface area contributed by atoms with Crippen LogP contribution in [0.25, 0.3) is 10.9 Å². The highest BCUT2D eigenvalue weighted by Crippen LogP contribution is 2.27. The fourth-order valence-corrected chi connectivity index (χ4v) is 3.35. The highest BCUT2D eigenvalue weighted by molar-refractivity contribution is 6.31. The summed E-state index contributed by atoms with van der Waals surface area (Å²) >= 11 is 6.05. The number of nitrogens with zero attached hydrogens (tertiary/aromatic N) is 2. The zero-order valence-corrected chi connectivity index (χ0v) is 15.4. The number of aromatic nitrogens is 2. The standard InChI is InChI=1S/C20H22ClN3O/c1-13(2)10-14(3)24(20(25)19-12-16(21)7-9-23-19)17-4-5-18-15(11-17)6-8-22-18/h4-9,11-14,22H,10H2,1-3H3. The van der Waals surface area contributed by atoms with Crippen molar-refractivity contribution in [1.29, 1.82) is 0 Å². The summed E-state index contributed by atoms with van der Waals surface area (Å²) in [7, 11) is 0. The van der Waals surface area contributed by atoms with Gasteiger partial charge in [-0.2, -0.15) is 0 Å². The van der Waals surface area contributed by atoms with E-state index < -0.39 is 0 Å². The van der Waals surface area contributed by atoms with E-state index in [0.717, 1.165) is 23.0 Å². The Morgan fingerprint density at radius 3 is 2.72 bits per heavy atom. The van der Waals surface area contributed by atoms with Crippen molar-refractivity contribution in [2.45, 2.75) is 33.2 Å². The van der Waals surface area contributed by atoms with Gasteiger partial charge in [-0.25, -0.2) is 0 Å². The first-order chi connectivity index (χ1) is 12.0. The van der Waals surface area contributed by atoms with Crippen molar-refractivity contribution >= 4 is 34.1 Å². The summed E-state index contributed by atoms with van der Waals surface area (Å²) < 4.78 is 0. The van der Waals surface area contributed by atoms with Crippen molar-refractivity contribution in [2.75, 3.05) is 4.90 Å². The number of rotatable bonds is 5. The molecule has 0 spiro atoms. The van der Waals surface area contributed by atoms with Crippen LogP contribution in [0.15, 0.2) is 48.8 Å². The van der Waals surface area contributed by atoms with Gasteiger partial charge < -0.3 is 9.88 Å². The number of benzene rings is 1. The van der Waals surface area contributed by atoms with E-state index in [1.54, 1.807) is 18.3 Å². The number of nitrogens with one attached hydrogen (secondary N) is 1. The van der Waals surface area contributed by atoms with E-state index in [4.69, 9.17) is 11.6 Å². The molecule has 3 rings (SSSR count). The van der Waals surface area contributed by atoms with Gasteiger partial charge in [-0.1, -0.05) is 25.4 Å². The van der Waals surface area contributed by atoms with Crippen LogP contribution < -0.4 is 4.90 Å². The molecular formula is C20H22ClN3O. The van der Waals surface area contributed by atoms with Crippen LogP contribution in [0, 0.1) is 5.92 Å². The summed E-state index contributed by atoms with van der Waals surface area (Å²) in [4.78, 5) is 22.4. The lowest BCUT2D eigenvalue weighted by molar-refractivity contribution is 0.0971. The summed E-state index contributed by atoms with van der Waals surface area (Å²) in [6.07, 6.45) is 4.37. The summed E-state index contributed by atoms with van der Waals surface area (Å²) in [5.74, 6) is 0.346. The number of carbonyl (C=O) groups is 1. The number of anilines is 1. The Hall–Kier alpha value is -2.33. The molecule has 3 aromatic rings. The van der Waals surface area contributed by atoms with Crippen LogP contribution in [0.2, 0.25) is 5.02 Å². The number of pyridine rings is 1. The van der Waals surface area contributed by atoms with Crippen LogP contribution in [-0.4, -0.2) is 21.9 Å². The minimum absolute atomic E-state index is 0.0460. The number of fused-ring (bicyclic) bond motifs is 1. The molecule has 5 heteroatoms. The van der Waals surface area contributed by atoms with E-state index in [-0.39, 0.29) is 11.9 Å². The van der Waals surface area contributed by atoms with Crippen molar-refractivity contribution in [3.63, 3.8) is 0 Å². The number of halogens is 1. The van der Waals surface area contributed by atoms with Crippen molar-refractivity contribution in [3.05, 3.63) is 59.5 Å². The number of hydrogen-bond donors (Lipinski definition) is 1. The second-order valence-corrected chi connectivity index (χ2v) is 7.20. The lowest BCUT2D eigenvalue weighted by Gasteiger charge is -2.30. The van der Waals surface area contributed by atoms with Gasteiger partial charge >= 0.3 is 0 Å². The fourth-order valence-electron chi connectivity index (χ4n) is 3.20. The number of carbonyl (C=O) groups excluding carboxylic acids is 1. The Morgan fingerprint density at radius 2 is 2.00 bits per heavy atom. The second kappa shape index (κ2) is 7.28. The number of amides is 1.